The molecule has 1 atom stereocenters. The number of hydrogen-bond donors (Lipinski definition) is 1. The molecule has 6 nitrogen and oxygen atoms in total. The zero-order chi connectivity index (χ0) is 17.8. The molecule has 1 unspecified atom stereocenters. The second-order valence-corrected chi connectivity index (χ2v) is 6.30. The van der Waals surface area contributed by atoms with E-state index in [2.05, 4.69) is 4.74 Å². The van der Waals surface area contributed by atoms with Gasteiger partial charge in [-0.25, -0.2) is 4.79 Å². The minimum Gasteiger partial charge on any atom is -0.451 e. The topological polar surface area (TPSA) is 83.9 Å². The summed E-state index contributed by atoms with van der Waals surface area (Å²) < 4.78 is 60.8. The Morgan fingerprint density at radius 2 is 1.74 bits per heavy atom. The lowest BCUT2D eigenvalue weighted by molar-refractivity contribution is -0.0549. The zero-order valence-corrected chi connectivity index (χ0v) is 13.8. The third kappa shape index (κ3) is 4.38. The minimum absolute atomic E-state index is 0.00102. The molecule has 0 aromatic heterocycles. The Hall–Kier alpha value is -1.74. The van der Waals surface area contributed by atoms with Gasteiger partial charge in [-0.2, -0.15) is 17.2 Å². The van der Waals surface area contributed by atoms with Gasteiger partial charge in [0, 0.05) is 18.8 Å². The van der Waals surface area contributed by atoms with Crippen molar-refractivity contribution >= 4 is 21.8 Å². The maximum absolute atomic E-state index is 13.3. The molecule has 1 N–H and O–H groups in total. The van der Waals surface area contributed by atoms with Gasteiger partial charge in [-0.3, -0.25) is 4.55 Å². The Bertz CT molecular complexity index is 642. The van der Waals surface area contributed by atoms with Crippen molar-refractivity contribution in [1.82, 2.24) is 0 Å². The highest BCUT2D eigenvalue weighted by molar-refractivity contribution is 7.86. The molecule has 0 saturated heterocycles. The second-order valence-electron chi connectivity index (χ2n) is 4.80. The fourth-order valence-corrected chi connectivity index (χ4v) is 2.37. The van der Waals surface area contributed by atoms with E-state index in [0.29, 0.717) is 6.92 Å². The average molecular weight is 351 g/mol. The predicted octanol–water partition coefficient (Wildman–Crippen LogP) is 2.56. The van der Waals surface area contributed by atoms with Crippen molar-refractivity contribution in [3.05, 3.63) is 29.8 Å². The number of hydrogen-bond acceptors (Lipinski definition) is 5. The van der Waals surface area contributed by atoms with Crippen LogP contribution in [0.2, 0.25) is 0 Å². The van der Waals surface area contributed by atoms with E-state index < -0.39 is 27.4 Å². The van der Waals surface area contributed by atoms with E-state index in [-0.39, 0.29) is 5.56 Å². The number of rotatable bonds is 7. The highest BCUT2D eigenvalue weighted by Gasteiger charge is 2.52. The van der Waals surface area contributed by atoms with E-state index in [0.717, 1.165) is 18.8 Å². The molecule has 130 valence electrons. The van der Waals surface area contributed by atoms with Crippen molar-refractivity contribution in [2.24, 2.45) is 0 Å². The van der Waals surface area contributed by atoms with Crippen LogP contribution in [0.15, 0.2) is 24.3 Å². The summed E-state index contributed by atoms with van der Waals surface area (Å²) in [6.07, 6.45) is -2.33. The summed E-state index contributed by atoms with van der Waals surface area (Å²) >= 11 is 0. The van der Waals surface area contributed by atoms with Crippen molar-refractivity contribution < 1.29 is 31.3 Å². The van der Waals surface area contributed by atoms with Crippen molar-refractivity contribution in [1.29, 1.82) is 0 Å². The Morgan fingerprint density at radius 1 is 1.26 bits per heavy atom. The third-order valence-corrected chi connectivity index (χ3v) is 4.35. The molecule has 1 aromatic rings. The number of benzene rings is 1. The van der Waals surface area contributed by atoms with Gasteiger partial charge in [-0.15, -0.1) is 0 Å². The maximum Gasteiger partial charge on any atom is 0.405 e. The SMILES string of the molecule is CCN(CC)c1ccc(C(=O)OC(C)C(F)(F)S(=O)(=O)O)cc1. The molecule has 0 fully saturated rings. The fourth-order valence-electron chi connectivity index (χ4n) is 1.90. The van der Waals surface area contributed by atoms with Crippen LogP contribution in [0.5, 0.6) is 0 Å². The summed E-state index contributed by atoms with van der Waals surface area (Å²) in [6, 6.07) is 6.06. The van der Waals surface area contributed by atoms with Gasteiger partial charge < -0.3 is 9.64 Å². The molecule has 0 spiro atoms. The van der Waals surface area contributed by atoms with Crippen LogP contribution in [-0.2, 0) is 14.9 Å². The molecule has 1 rings (SSSR count). The largest absolute Gasteiger partial charge is 0.451 e. The molecule has 0 heterocycles. The number of alkyl halides is 2. The van der Waals surface area contributed by atoms with Gasteiger partial charge in [-0.05, 0) is 45.0 Å². The molecule has 0 aliphatic heterocycles. The lowest BCUT2D eigenvalue weighted by Crippen LogP contribution is -2.42. The second kappa shape index (κ2) is 7.22. The fraction of sp³-hybridized carbons (Fsp3) is 0.500. The number of ether oxygens (including phenoxy) is 1. The summed E-state index contributed by atoms with van der Waals surface area (Å²) in [5.74, 6) is -1.10. The lowest BCUT2D eigenvalue weighted by atomic mass is 10.2. The summed E-state index contributed by atoms with van der Waals surface area (Å²) in [6.45, 7) is 6.14. The number of esters is 1. The number of nitrogens with zero attached hydrogens (tertiary/aromatic N) is 1. The van der Waals surface area contributed by atoms with Crippen LogP contribution >= 0.6 is 0 Å². The van der Waals surface area contributed by atoms with E-state index >= 15 is 0 Å². The van der Waals surface area contributed by atoms with Gasteiger partial charge in [-0.1, -0.05) is 0 Å². The number of carbonyl (C=O) groups excluding carboxylic acids is 1. The van der Waals surface area contributed by atoms with Crippen LogP contribution in [0, 0.1) is 0 Å². The van der Waals surface area contributed by atoms with Crippen LogP contribution < -0.4 is 4.90 Å². The van der Waals surface area contributed by atoms with E-state index in [1.807, 2.05) is 18.7 Å². The first kappa shape index (κ1) is 19.3. The molecule has 1 aromatic carbocycles. The summed E-state index contributed by atoms with van der Waals surface area (Å²) in [4.78, 5) is 13.8. The molecule has 0 aliphatic rings. The van der Waals surface area contributed by atoms with E-state index in [1.54, 1.807) is 12.1 Å². The Balaban J connectivity index is 2.87. The molecule has 0 saturated carbocycles. The summed E-state index contributed by atoms with van der Waals surface area (Å²) in [5, 5.41) is -4.58. The van der Waals surface area contributed by atoms with Gasteiger partial charge in [0.25, 0.3) is 0 Å². The minimum atomic E-state index is -5.67. The van der Waals surface area contributed by atoms with Crippen LogP contribution in [0.4, 0.5) is 14.5 Å². The van der Waals surface area contributed by atoms with Crippen LogP contribution in [0.3, 0.4) is 0 Å². The molecule has 0 amide bonds. The first-order chi connectivity index (χ1) is 10.5. The van der Waals surface area contributed by atoms with Crippen LogP contribution in [-0.4, -0.2) is 43.4 Å². The molecule has 23 heavy (non-hydrogen) atoms. The van der Waals surface area contributed by atoms with Crippen molar-refractivity contribution in [2.45, 2.75) is 32.1 Å². The monoisotopic (exact) mass is 351 g/mol. The van der Waals surface area contributed by atoms with Crippen molar-refractivity contribution in [2.75, 3.05) is 18.0 Å². The lowest BCUT2D eigenvalue weighted by Gasteiger charge is -2.22. The quantitative estimate of drug-likeness (QED) is 0.600. The van der Waals surface area contributed by atoms with E-state index in [1.165, 1.54) is 12.1 Å². The molecular weight excluding hydrogens is 332 g/mol. The highest BCUT2D eigenvalue weighted by atomic mass is 32.2. The molecule has 9 heteroatoms. The molecular formula is C14H19F2NO5S. The first-order valence-corrected chi connectivity index (χ1v) is 8.39. The Kier molecular flexibility index (Phi) is 6.06. The molecule has 0 radical (unpaired) electrons. The number of halogens is 2. The number of carbonyl (C=O) groups is 1. The third-order valence-electron chi connectivity index (χ3n) is 3.33. The van der Waals surface area contributed by atoms with Gasteiger partial charge in [0.05, 0.1) is 5.56 Å². The zero-order valence-electron chi connectivity index (χ0n) is 13.0. The van der Waals surface area contributed by atoms with Crippen molar-refractivity contribution in [3.63, 3.8) is 0 Å². The molecule has 0 aliphatic carbocycles. The summed E-state index contributed by atoms with van der Waals surface area (Å²) in [7, 11) is -5.67. The Labute approximate surface area is 133 Å². The van der Waals surface area contributed by atoms with Crippen LogP contribution in [0.1, 0.15) is 31.1 Å². The van der Waals surface area contributed by atoms with E-state index in [4.69, 9.17) is 4.55 Å². The Morgan fingerprint density at radius 3 is 2.13 bits per heavy atom. The van der Waals surface area contributed by atoms with Gasteiger partial charge in [0.2, 0.25) is 0 Å². The van der Waals surface area contributed by atoms with Gasteiger partial charge in [0.1, 0.15) is 0 Å². The van der Waals surface area contributed by atoms with Gasteiger partial charge in [0.15, 0.2) is 6.10 Å². The standard InChI is InChI=1S/C14H19F2NO5S/c1-4-17(5-2)12-8-6-11(7-9-12)13(18)22-10(3)14(15,16)23(19,20)21/h6-10H,4-5H2,1-3H3,(H,19,20,21). The maximum atomic E-state index is 13.3. The average Bonchev–Trinajstić information content (AvgIpc) is 2.47. The molecule has 0 bridgehead atoms. The van der Waals surface area contributed by atoms with E-state index in [9.17, 15) is 22.0 Å². The van der Waals surface area contributed by atoms with Crippen LogP contribution in [0.25, 0.3) is 0 Å². The summed E-state index contributed by atoms with van der Waals surface area (Å²) in [5.41, 5.74) is 0.849. The highest BCUT2D eigenvalue weighted by Crippen LogP contribution is 2.27. The first-order valence-electron chi connectivity index (χ1n) is 6.95. The smallest absolute Gasteiger partial charge is 0.405 e. The predicted molar refractivity (Wildman–Crippen MR) is 81.4 cm³/mol. The number of anilines is 1. The van der Waals surface area contributed by atoms with Gasteiger partial charge >= 0.3 is 21.3 Å². The normalized spacial score (nSPS) is 13.5. The van der Waals surface area contributed by atoms with Crippen molar-refractivity contribution in [3.8, 4) is 0 Å².